The molecule has 0 amide bonds. The van der Waals surface area contributed by atoms with Crippen molar-refractivity contribution in [3.63, 3.8) is 0 Å². The smallest absolute Gasteiger partial charge is 0.200 e. The van der Waals surface area contributed by atoms with Gasteiger partial charge in [0.15, 0.2) is 40.6 Å². The third-order valence-electron chi connectivity index (χ3n) is 7.02. The van der Waals surface area contributed by atoms with Gasteiger partial charge in [0.1, 0.15) is 19.0 Å². The fourth-order valence-electron chi connectivity index (χ4n) is 5.24. The molecule has 2 heterocycles. The molecule has 0 aromatic heterocycles. The lowest BCUT2D eigenvalue weighted by Gasteiger charge is -2.37. The normalized spacial score (nSPS) is 19.9. The molecule has 192 valence electrons. The number of morpholine rings is 1. The second-order valence-electron chi connectivity index (χ2n) is 8.93. The molecule has 3 aliphatic rings. The van der Waals surface area contributed by atoms with E-state index in [0.717, 1.165) is 27.3 Å². The van der Waals surface area contributed by atoms with Gasteiger partial charge < -0.3 is 19.1 Å². The van der Waals surface area contributed by atoms with Crippen LogP contribution in [0, 0.1) is 29.1 Å². The minimum absolute atomic E-state index is 0.0452. The van der Waals surface area contributed by atoms with Crippen LogP contribution >= 0.6 is 0 Å². The number of hydrogen-bond donors (Lipinski definition) is 0. The van der Waals surface area contributed by atoms with Crippen LogP contribution in [0.25, 0.3) is 11.1 Å². The molecule has 1 saturated heterocycles. The second kappa shape index (κ2) is 8.62. The van der Waals surface area contributed by atoms with Crippen molar-refractivity contribution in [3.8, 4) is 22.6 Å². The van der Waals surface area contributed by atoms with E-state index in [1.807, 2.05) is 30.3 Å². The molecule has 3 aromatic rings. The summed E-state index contributed by atoms with van der Waals surface area (Å²) in [6.45, 7) is -0.151. The van der Waals surface area contributed by atoms with Crippen molar-refractivity contribution in [1.29, 1.82) is 0 Å². The number of hydrazone groups is 1. The van der Waals surface area contributed by atoms with Crippen molar-refractivity contribution in [3.05, 3.63) is 76.6 Å². The molecule has 2 aliphatic heterocycles. The molecule has 37 heavy (non-hydrogen) atoms. The minimum atomic E-state index is -2.21. The number of methoxy groups -OCH3 is 2. The van der Waals surface area contributed by atoms with E-state index in [4.69, 9.17) is 14.2 Å². The van der Waals surface area contributed by atoms with Gasteiger partial charge in [-0.25, -0.2) is 27.0 Å². The lowest BCUT2D eigenvalue weighted by Crippen LogP contribution is -2.46. The van der Waals surface area contributed by atoms with Crippen molar-refractivity contribution in [2.75, 3.05) is 32.5 Å². The van der Waals surface area contributed by atoms with Crippen LogP contribution in [0.5, 0.6) is 11.5 Å². The first kappa shape index (κ1) is 23.5. The van der Waals surface area contributed by atoms with Crippen LogP contribution in [0.15, 0.2) is 41.5 Å². The zero-order valence-electron chi connectivity index (χ0n) is 19.7. The maximum atomic E-state index is 14.5. The Morgan fingerprint density at radius 2 is 1.49 bits per heavy atom. The van der Waals surface area contributed by atoms with Gasteiger partial charge >= 0.3 is 0 Å². The van der Waals surface area contributed by atoms with Gasteiger partial charge in [0, 0.05) is 6.42 Å². The van der Waals surface area contributed by atoms with Gasteiger partial charge in [-0.3, -0.25) is 0 Å². The molecule has 1 aliphatic carbocycles. The molecule has 3 aromatic carbocycles. The highest BCUT2D eigenvalue weighted by Crippen LogP contribution is 2.45. The second-order valence-corrected chi connectivity index (χ2v) is 8.93. The monoisotopic (exact) mass is 517 g/mol. The number of fused-ring (bicyclic) bond motifs is 5. The highest BCUT2D eigenvalue weighted by atomic mass is 19.2. The zero-order valence-corrected chi connectivity index (χ0v) is 19.7. The number of nitrogens with zero attached hydrogens (tertiary/aromatic N) is 3. The quantitative estimate of drug-likeness (QED) is 0.272. The van der Waals surface area contributed by atoms with Crippen molar-refractivity contribution in [2.24, 2.45) is 5.10 Å². The Labute approximate surface area is 208 Å². The van der Waals surface area contributed by atoms with Crippen LogP contribution in [0.3, 0.4) is 0 Å². The maximum Gasteiger partial charge on any atom is 0.200 e. The van der Waals surface area contributed by atoms with E-state index in [-0.39, 0.29) is 25.4 Å². The predicted octanol–water partition coefficient (Wildman–Crippen LogP) is 5.16. The molecular formula is C26H20F5N3O3. The van der Waals surface area contributed by atoms with E-state index in [1.165, 1.54) is 0 Å². The van der Waals surface area contributed by atoms with E-state index in [1.54, 1.807) is 25.2 Å². The first-order valence-corrected chi connectivity index (χ1v) is 11.4. The van der Waals surface area contributed by atoms with Crippen LogP contribution in [0.1, 0.15) is 17.2 Å². The summed E-state index contributed by atoms with van der Waals surface area (Å²) >= 11 is 0. The molecule has 11 heteroatoms. The number of amidine groups is 1. The number of anilines is 1. The topological polar surface area (TPSA) is 46.5 Å². The Kier molecular flexibility index (Phi) is 5.48. The van der Waals surface area contributed by atoms with Crippen molar-refractivity contribution in [2.45, 2.75) is 18.6 Å². The summed E-state index contributed by atoms with van der Waals surface area (Å²) in [6.07, 6.45) is 0.351. The van der Waals surface area contributed by atoms with Crippen molar-refractivity contribution < 1.29 is 36.2 Å². The van der Waals surface area contributed by atoms with Gasteiger partial charge in [-0.2, -0.15) is 5.10 Å². The van der Waals surface area contributed by atoms with Gasteiger partial charge in [-0.1, -0.05) is 18.2 Å². The summed E-state index contributed by atoms with van der Waals surface area (Å²) in [5.41, 5.74) is 2.67. The Hall–Kier alpha value is -3.86. The minimum Gasteiger partial charge on any atom is -0.493 e. The Balaban J connectivity index is 1.36. The van der Waals surface area contributed by atoms with Gasteiger partial charge in [0.2, 0.25) is 5.82 Å². The molecule has 0 radical (unpaired) electrons. The average molecular weight is 517 g/mol. The standard InChI is InChI=1S/C26H20F5N3O3/c1-35-16-6-5-13(8-17(16)36-2)12-3-4-14-9-18-25(15(14)7-12)33-11-34(32-19(33)10-37-18)26-23(30)21(28)20(27)22(29)24(26)31/h3-8,18,25H,9-11H2,1-2H3/t18-,25+/m0/s1. The van der Waals surface area contributed by atoms with Gasteiger partial charge in [-0.05, 0) is 40.5 Å². The lowest BCUT2D eigenvalue weighted by atomic mass is 9.98. The van der Waals surface area contributed by atoms with Crippen LogP contribution in [-0.2, 0) is 11.2 Å². The van der Waals surface area contributed by atoms with Crippen molar-refractivity contribution in [1.82, 2.24) is 4.90 Å². The zero-order chi connectivity index (χ0) is 26.0. The highest BCUT2D eigenvalue weighted by Gasteiger charge is 2.46. The number of ether oxygens (including phenoxy) is 3. The Bertz CT molecular complexity index is 1430. The lowest BCUT2D eigenvalue weighted by molar-refractivity contribution is 0.00536. The van der Waals surface area contributed by atoms with Crippen LogP contribution in [0.2, 0.25) is 0 Å². The largest absolute Gasteiger partial charge is 0.493 e. The summed E-state index contributed by atoms with van der Waals surface area (Å²) in [7, 11) is 3.11. The summed E-state index contributed by atoms with van der Waals surface area (Å²) in [5, 5.41) is 4.95. The van der Waals surface area contributed by atoms with Crippen LogP contribution < -0.4 is 14.5 Å². The number of rotatable bonds is 4. The van der Waals surface area contributed by atoms with Crippen LogP contribution in [0.4, 0.5) is 27.6 Å². The molecule has 0 spiro atoms. The molecule has 0 N–H and O–H groups in total. The van der Waals surface area contributed by atoms with Crippen LogP contribution in [-0.4, -0.2) is 44.3 Å². The number of benzene rings is 3. The third kappa shape index (κ3) is 3.51. The Morgan fingerprint density at radius 3 is 2.19 bits per heavy atom. The van der Waals surface area contributed by atoms with E-state index < -0.39 is 34.8 Å². The summed E-state index contributed by atoms with van der Waals surface area (Å²) < 4.78 is 87.0. The molecular weight excluding hydrogens is 497 g/mol. The first-order valence-electron chi connectivity index (χ1n) is 11.4. The highest BCUT2D eigenvalue weighted by molar-refractivity contribution is 5.88. The summed E-state index contributed by atoms with van der Waals surface area (Å²) in [6, 6.07) is 11.2. The Morgan fingerprint density at radius 1 is 0.838 bits per heavy atom. The van der Waals surface area contributed by atoms with E-state index in [0.29, 0.717) is 23.8 Å². The average Bonchev–Trinajstić information content (AvgIpc) is 3.51. The first-order chi connectivity index (χ1) is 17.8. The van der Waals surface area contributed by atoms with E-state index in [9.17, 15) is 22.0 Å². The fourth-order valence-corrected chi connectivity index (χ4v) is 5.24. The fraction of sp³-hybridized carbons (Fsp3) is 0.269. The van der Waals surface area contributed by atoms with Crippen molar-refractivity contribution >= 4 is 11.5 Å². The SMILES string of the molecule is COc1ccc(-c2ccc3c(c2)[C@@H]2[C@H](C3)OCC3=NN(c4c(F)c(F)c(F)c(F)c4F)CN32)cc1OC. The number of halogens is 5. The van der Waals surface area contributed by atoms with E-state index >= 15 is 0 Å². The molecule has 1 fully saturated rings. The molecule has 0 bridgehead atoms. The molecule has 6 rings (SSSR count). The van der Waals surface area contributed by atoms with Gasteiger partial charge in [0.25, 0.3) is 0 Å². The van der Waals surface area contributed by atoms with Gasteiger partial charge in [-0.15, -0.1) is 0 Å². The molecule has 0 unspecified atom stereocenters. The van der Waals surface area contributed by atoms with E-state index in [2.05, 4.69) is 5.10 Å². The van der Waals surface area contributed by atoms with Gasteiger partial charge in [0.05, 0.1) is 26.4 Å². The maximum absolute atomic E-state index is 14.5. The molecule has 0 saturated carbocycles. The third-order valence-corrected chi connectivity index (χ3v) is 7.02. The predicted molar refractivity (Wildman–Crippen MR) is 124 cm³/mol. The summed E-state index contributed by atoms with van der Waals surface area (Å²) in [4.78, 5) is 1.79. The number of hydrogen-bond acceptors (Lipinski definition) is 6. The molecule has 6 nitrogen and oxygen atoms in total. The molecule has 2 atom stereocenters. The summed E-state index contributed by atoms with van der Waals surface area (Å²) in [5.74, 6) is -8.58.